The number of fused-ring (bicyclic) bond motifs is 2. The van der Waals surface area contributed by atoms with Gasteiger partial charge in [-0.1, -0.05) is 29.8 Å². The Bertz CT molecular complexity index is 468. The first-order valence-corrected chi connectivity index (χ1v) is 7.65. The number of carboxylic acids is 1. The zero-order chi connectivity index (χ0) is 14.1. The van der Waals surface area contributed by atoms with Crippen molar-refractivity contribution in [3.05, 3.63) is 35.4 Å². The molecule has 1 N–H and O–H groups in total. The Hall–Kier alpha value is -1.35. The highest BCUT2D eigenvalue weighted by molar-refractivity contribution is 5.67. The van der Waals surface area contributed by atoms with Gasteiger partial charge in [0.2, 0.25) is 0 Å². The predicted molar refractivity (Wildman–Crippen MR) is 78.5 cm³/mol. The van der Waals surface area contributed by atoms with Crippen LogP contribution in [0.25, 0.3) is 0 Å². The van der Waals surface area contributed by atoms with Gasteiger partial charge in [0.25, 0.3) is 0 Å². The molecule has 0 spiro atoms. The van der Waals surface area contributed by atoms with Crippen molar-refractivity contribution in [2.75, 3.05) is 0 Å². The number of carbonyl (C=O) groups is 1. The standard InChI is InChI=1S/C17H23NO2/c1-12-2-4-13(5-3-12)11-18-15-6-7-16(18)9-14(8-15)10-17(19)20/h2-5,14-16H,6-11H2,1H3,(H,19,20). The van der Waals surface area contributed by atoms with Crippen molar-refractivity contribution < 1.29 is 9.90 Å². The summed E-state index contributed by atoms with van der Waals surface area (Å²) in [5.74, 6) is -0.249. The van der Waals surface area contributed by atoms with Crippen molar-refractivity contribution in [1.82, 2.24) is 4.90 Å². The van der Waals surface area contributed by atoms with E-state index in [2.05, 4.69) is 36.1 Å². The van der Waals surface area contributed by atoms with Gasteiger partial charge in [0, 0.05) is 25.0 Å². The van der Waals surface area contributed by atoms with Gasteiger partial charge < -0.3 is 5.11 Å². The summed E-state index contributed by atoms with van der Waals surface area (Å²) in [7, 11) is 0. The van der Waals surface area contributed by atoms with Crippen molar-refractivity contribution in [3.8, 4) is 0 Å². The Morgan fingerprint density at radius 2 is 1.80 bits per heavy atom. The lowest BCUT2D eigenvalue weighted by Crippen LogP contribution is -2.42. The van der Waals surface area contributed by atoms with Gasteiger partial charge >= 0.3 is 5.97 Å². The summed E-state index contributed by atoms with van der Waals surface area (Å²) in [6, 6.07) is 9.98. The molecule has 3 rings (SSSR count). The molecule has 0 saturated carbocycles. The number of nitrogens with zero attached hydrogens (tertiary/aromatic N) is 1. The summed E-state index contributed by atoms with van der Waals surface area (Å²) >= 11 is 0. The lowest BCUT2D eigenvalue weighted by molar-refractivity contribution is -0.138. The van der Waals surface area contributed by atoms with Gasteiger partial charge in [-0.3, -0.25) is 9.69 Å². The molecule has 1 aromatic carbocycles. The van der Waals surface area contributed by atoms with Gasteiger partial charge in [-0.15, -0.1) is 0 Å². The van der Waals surface area contributed by atoms with Crippen molar-refractivity contribution in [2.24, 2.45) is 5.92 Å². The fraction of sp³-hybridized carbons (Fsp3) is 0.588. The first-order chi connectivity index (χ1) is 9.61. The Balaban J connectivity index is 1.65. The maximum atomic E-state index is 10.9. The van der Waals surface area contributed by atoms with Crippen LogP contribution < -0.4 is 0 Å². The zero-order valence-electron chi connectivity index (χ0n) is 12.1. The van der Waals surface area contributed by atoms with E-state index in [1.807, 2.05) is 0 Å². The number of hydrogen-bond donors (Lipinski definition) is 1. The minimum absolute atomic E-state index is 0.353. The predicted octanol–water partition coefficient (Wildman–Crippen LogP) is 3.21. The van der Waals surface area contributed by atoms with Crippen LogP contribution in [0.15, 0.2) is 24.3 Å². The second-order valence-electron chi connectivity index (χ2n) is 6.48. The minimum Gasteiger partial charge on any atom is -0.481 e. The number of benzene rings is 1. The molecule has 2 unspecified atom stereocenters. The Morgan fingerprint density at radius 1 is 1.20 bits per heavy atom. The van der Waals surface area contributed by atoms with Crippen molar-refractivity contribution in [2.45, 2.75) is 57.7 Å². The first-order valence-electron chi connectivity index (χ1n) is 7.65. The van der Waals surface area contributed by atoms with E-state index >= 15 is 0 Å². The van der Waals surface area contributed by atoms with E-state index in [9.17, 15) is 4.79 Å². The normalized spacial score (nSPS) is 29.6. The van der Waals surface area contributed by atoms with Crippen LogP contribution in [-0.2, 0) is 11.3 Å². The van der Waals surface area contributed by atoms with Crippen molar-refractivity contribution in [1.29, 1.82) is 0 Å². The molecular weight excluding hydrogens is 250 g/mol. The summed E-state index contributed by atoms with van der Waals surface area (Å²) in [5, 5.41) is 8.97. The molecule has 20 heavy (non-hydrogen) atoms. The smallest absolute Gasteiger partial charge is 0.303 e. The third-order valence-corrected chi connectivity index (χ3v) is 4.93. The fourth-order valence-electron chi connectivity index (χ4n) is 3.96. The number of carboxylic acid groups (broad SMARTS) is 1. The topological polar surface area (TPSA) is 40.5 Å². The highest BCUT2D eigenvalue weighted by Crippen LogP contribution is 2.40. The molecule has 2 saturated heterocycles. The summed E-state index contributed by atoms with van der Waals surface area (Å²) in [5.41, 5.74) is 2.68. The number of rotatable bonds is 4. The summed E-state index contributed by atoms with van der Waals surface area (Å²) < 4.78 is 0. The summed E-state index contributed by atoms with van der Waals surface area (Å²) in [6.45, 7) is 3.14. The second kappa shape index (κ2) is 5.57. The molecule has 2 heterocycles. The van der Waals surface area contributed by atoms with E-state index in [4.69, 9.17) is 5.11 Å². The number of piperidine rings is 1. The second-order valence-corrected chi connectivity index (χ2v) is 6.48. The molecule has 2 bridgehead atoms. The van der Waals surface area contributed by atoms with Crippen molar-refractivity contribution >= 4 is 5.97 Å². The van der Waals surface area contributed by atoms with E-state index in [0.29, 0.717) is 24.4 Å². The SMILES string of the molecule is Cc1ccc(CN2C3CCC2CC(CC(=O)O)C3)cc1. The van der Waals surface area contributed by atoms with Gasteiger partial charge in [-0.05, 0) is 44.1 Å². The number of aliphatic carboxylic acids is 1. The summed E-state index contributed by atoms with van der Waals surface area (Å²) in [6.07, 6.45) is 4.97. The van der Waals surface area contributed by atoms with Gasteiger partial charge in [-0.25, -0.2) is 0 Å². The first kappa shape index (κ1) is 13.6. The summed E-state index contributed by atoms with van der Waals surface area (Å²) in [4.78, 5) is 13.5. The number of hydrogen-bond acceptors (Lipinski definition) is 2. The molecule has 3 nitrogen and oxygen atoms in total. The van der Waals surface area contributed by atoms with Gasteiger partial charge in [-0.2, -0.15) is 0 Å². The molecule has 2 aliphatic heterocycles. The van der Waals surface area contributed by atoms with Crippen LogP contribution in [0.4, 0.5) is 0 Å². The van der Waals surface area contributed by atoms with E-state index in [1.54, 1.807) is 0 Å². The van der Waals surface area contributed by atoms with Gasteiger partial charge in [0.1, 0.15) is 0 Å². The largest absolute Gasteiger partial charge is 0.481 e. The molecular formula is C17H23NO2. The zero-order valence-corrected chi connectivity index (χ0v) is 12.1. The van der Waals surface area contributed by atoms with Crippen LogP contribution in [0.1, 0.15) is 43.2 Å². The lowest BCUT2D eigenvalue weighted by atomic mass is 9.88. The van der Waals surface area contributed by atoms with E-state index < -0.39 is 5.97 Å². The van der Waals surface area contributed by atoms with Crippen LogP contribution in [0, 0.1) is 12.8 Å². The van der Waals surface area contributed by atoms with Crippen LogP contribution >= 0.6 is 0 Å². The van der Waals surface area contributed by atoms with Crippen molar-refractivity contribution in [3.63, 3.8) is 0 Å². The van der Waals surface area contributed by atoms with Crippen LogP contribution in [-0.4, -0.2) is 28.1 Å². The minimum atomic E-state index is -0.638. The molecule has 108 valence electrons. The third-order valence-electron chi connectivity index (χ3n) is 4.93. The molecule has 1 aromatic rings. The quantitative estimate of drug-likeness (QED) is 0.915. The van der Waals surface area contributed by atoms with Crippen LogP contribution in [0.3, 0.4) is 0 Å². The Morgan fingerprint density at radius 3 is 2.35 bits per heavy atom. The molecule has 0 aliphatic carbocycles. The van der Waals surface area contributed by atoms with Gasteiger partial charge in [0.05, 0.1) is 0 Å². The van der Waals surface area contributed by atoms with Crippen LogP contribution in [0.5, 0.6) is 0 Å². The monoisotopic (exact) mass is 273 g/mol. The van der Waals surface area contributed by atoms with E-state index in [1.165, 1.54) is 24.0 Å². The van der Waals surface area contributed by atoms with E-state index in [0.717, 1.165) is 19.4 Å². The average Bonchev–Trinajstić information content (AvgIpc) is 2.63. The lowest BCUT2D eigenvalue weighted by Gasteiger charge is -2.38. The van der Waals surface area contributed by atoms with Crippen LogP contribution in [0.2, 0.25) is 0 Å². The Labute approximate surface area is 120 Å². The molecule has 0 aromatic heterocycles. The maximum Gasteiger partial charge on any atom is 0.303 e. The molecule has 0 radical (unpaired) electrons. The number of aryl methyl sites for hydroxylation is 1. The fourth-order valence-corrected chi connectivity index (χ4v) is 3.96. The van der Waals surface area contributed by atoms with Gasteiger partial charge in [0.15, 0.2) is 0 Å². The highest BCUT2D eigenvalue weighted by Gasteiger charge is 2.40. The molecule has 2 atom stereocenters. The molecule has 3 heteroatoms. The average molecular weight is 273 g/mol. The third kappa shape index (κ3) is 2.88. The highest BCUT2D eigenvalue weighted by atomic mass is 16.4. The molecule has 0 amide bonds. The Kier molecular flexibility index (Phi) is 3.79. The maximum absolute atomic E-state index is 10.9. The molecule has 2 aliphatic rings. The van der Waals surface area contributed by atoms with E-state index in [-0.39, 0.29) is 0 Å². The molecule has 2 fully saturated rings.